The summed E-state index contributed by atoms with van der Waals surface area (Å²) in [6.45, 7) is 0. The molecule has 1 saturated carbocycles. The lowest BCUT2D eigenvalue weighted by Gasteiger charge is -2.15. The topological polar surface area (TPSA) is 71.5 Å². The van der Waals surface area contributed by atoms with Crippen LogP contribution in [0, 0.1) is 0 Å². The zero-order valence-electron chi connectivity index (χ0n) is 10.5. The van der Waals surface area contributed by atoms with E-state index in [2.05, 4.69) is 10.3 Å². The Balaban J connectivity index is 2.02. The number of methoxy groups -OCH3 is 1. The Labute approximate surface area is 110 Å². The third-order valence-corrected chi connectivity index (χ3v) is 3.49. The smallest absolute Gasteiger partial charge is 0.329 e. The molecule has 0 aliphatic heterocycles. The predicted octanol–water partition coefficient (Wildman–Crippen LogP) is 2.27. The van der Waals surface area contributed by atoms with E-state index in [1.165, 1.54) is 0 Å². The molecule has 0 atom stereocenters. The van der Waals surface area contributed by atoms with Gasteiger partial charge in [-0.05, 0) is 42.5 Å². The molecule has 1 aliphatic carbocycles. The number of carbonyl (C=O) groups is 1. The van der Waals surface area contributed by atoms with E-state index in [0.717, 1.165) is 16.5 Å². The van der Waals surface area contributed by atoms with Crippen molar-refractivity contribution in [3.63, 3.8) is 0 Å². The molecule has 2 aromatic rings. The molecule has 0 saturated heterocycles. The number of ether oxygens (including phenoxy) is 1. The van der Waals surface area contributed by atoms with Crippen LogP contribution in [0.25, 0.3) is 10.8 Å². The summed E-state index contributed by atoms with van der Waals surface area (Å²) >= 11 is 0. The molecule has 1 fully saturated rings. The summed E-state index contributed by atoms with van der Waals surface area (Å²) in [7, 11) is 1.62. The SMILES string of the molecule is COc1ccc2c(NC3(C(=O)O)CC3)nccc2c1. The Morgan fingerprint density at radius 2 is 2.21 bits per heavy atom. The van der Waals surface area contributed by atoms with Gasteiger partial charge in [0.2, 0.25) is 0 Å². The van der Waals surface area contributed by atoms with E-state index in [0.29, 0.717) is 18.7 Å². The van der Waals surface area contributed by atoms with Crippen LogP contribution >= 0.6 is 0 Å². The molecule has 1 aliphatic rings. The third-order valence-electron chi connectivity index (χ3n) is 3.49. The quantitative estimate of drug-likeness (QED) is 0.880. The lowest BCUT2D eigenvalue weighted by atomic mass is 10.1. The van der Waals surface area contributed by atoms with E-state index in [-0.39, 0.29) is 0 Å². The fourth-order valence-corrected chi connectivity index (χ4v) is 2.13. The van der Waals surface area contributed by atoms with E-state index in [1.807, 2.05) is 24.3 Å². The van der Waals surface area contributed by atoms with Crippen LogP contribution in [0.5, 0.6) is 5.75 Å². The third kappa shape index (κ3) is 1.97. The number of pyridine rings is 1. The van der Waals surface area contributed by atoms with Gasteiger partial charge in [-0.3, -0.25) is 0 Å². The van der Waals surface area contributed by atoms with Gasteiger partial charge in [-0.2, -0.15) is 0 Å². The summed E-state index contributed by atoms with van der Waals surface area (Å²) in [4.78, 5) is 15.5. The molecule has 1 aromatic carbocycles. The summed E-state index contributed by atoms with van der Waals surface area (Å²) in [5.74, 6) is 0.559. The Kier molecular flexibility index (Phi) is 2.55. The molecular formula is C14H14N2O3. The zero-order valence-corrected chi connectivity index (χ0v) is 10.5. The van der Waals surface area contributed by atoms with Gasteiger partial charge in [-0.1, -0.05) is 0 Å². The van der Waals surface area contributed by atoms with E-state index >= 15 is 0 Å². The molecule has 1 aromatic heterocycles. The largest absolute Gasteiger partial charge is 0.497 e. The minimum atomic E-state index is -0.832. The zero-order chi connectivity index (χ0) is 13.5. The molecule has 0 unspecified atom stereocenters. The van der Waals surface area contributed by atoms with Gasteiger partial charge in [0.15, 0.2) is 0 Å². The highest BCUT2D eigenvalue weighted by Gasteiger charge is 2.50. The maximum atomic E-state index is 11.2. The van der Waals surface area contributed by atoms with Crippen molar-refractivity contribution in [3.8, 4) is 5.75 Å². The number of nitrogens with zero attached hydrogens (tertiary/aromatic N) is 1. The number of hydrogen-bond acceptors (Lipinski definition) is 4. The molecule has 1 heterocycles. The molecule has 3 rings (SSSR count). The monoisotopic (exact) mass is 258 g/mol. The van der Waals surface area contributed by atoms with Crippen molar-refractivity contribution in [2.24, 2.45) is 0 Å². The van der Waals surface area contributed by atoms with Crippen molar-refractivity contribution >= 4 is 22.6 Å². The van der Waals surface area contributed by atoms with Gasteiger partial charge >= 0.3 is 5.97 Å². The Bertz CT molecular complexity index is 650. The van der Waals surface area contributed by atoms with Gasteiger partial charge in [-0.15, -0.1) is 0 Å². The van der Waals surface area contributed by atoms with Gasteiger partial charge < -0.3 is 15.2 Å². The second-order valence-corrected chi connectivity index (χ2v) is 4.76. The highest BCUT2D eigenvalue weighted by atomic mass is 16.5. The van der Waals surface area contributed by atoms with Crippen LogP contribution in [0.2, 0.25) is 0 Å². The number of carboxylic acid groups (broad SMARTS) is 1. The minimum absolute atomic E-state index is 0.611. The van der Waals surface area contributed by atoms with Crippen LogP contribution in [-0.2, 0) is 4.79 Å². The van der Waals surface area contributed by atoms with Crippen LogP contribution in [-0.4, -0.2) is 28.7 Å². The van der Waals surface area contributed by atoms with Crippen molar-refractivity contribution in [1.82, 2.24) is 4.98 Å². The summed E-state index contributed by atoms with van der Waals surface area (Å²) in [6.07, 6.45) is 2.94. The van der Waals surface area contributed by atoms with Crippen molar-refractivity contribution in [3.05, 3.63) is 30.5 Å². The number of anilines is 1. The van der Waals surface area contributed by atoms with Gasteiger partial charge in [0.05, 0.1) is 7.11 Å². The first kappa shape index (κ1) is 11.8. The number of rotatable bonds is 4. The minimum Gasteiger partial charge on any atom is -0.497 e. The first-order valence-electron chi connectivity index (χ1n) is 6.09. The molecule has 0 bridgehead atoms. The van der Waals surface area contributed by atoms with Crippen LogP contribution in [0.1, 0.15) is 12.8 Å². The molecular weight excluding hydrogens is 244 g/mol. The Morgan fingerprint density at radius 3 is 2.84 bits per heavy atom. The van der Waals surface area contributed by atoms with Gasteiger partial charge in [0, 0.05) is 11.6 Å². The lowest BCUT2D eigenvalue weighted by Crippen LogP contribution is -2.31. The molecule has 98 valence electrons. The normalized spacial score (nSPS) is 16.1. The molecule has 5 nitrogen and oxygen atoms in total. The fraction of sp³-hybridized carbons (Fsp3) is 0.286. The summed E-state index contributed by atoms with van der Waals surface area (Å²) < 4.78 is 5.18. The summed E-state index contributed by atoms with van der Waals surface area (Å²) in [5, 5.41) is 14.1. The van der Waals surface area contributed by atoms with E-state index in [9.17, 15) is 9.90 Å². The average Bonchev–Trinajstić information content (AvgIpc) is 3.19. The second kappa shape index (κ2) is 4.12. The molecule has 5 heteroatoms. The van der Waals surface area contributed by atoms with Gasteiger partial charge in [0.25, 0.3) is 0 Å². The summed E-state index contributed by atoms with van der Waals surface area (Å²) in [6, 6.07) is 7.52. The first-order valence-corrected chi connectivity index (χ1v) is 6.09. The number of aromatic nitrogens is 1. The number of carboxylic acids is 1. The number of benzene rings is 1. The number of aliphatic carboxylic acids is 1. The summed E-state index contributed by atoms with van der Waals surface area (Å²) in [5.41, 5.74) is -0.832. The van der Waals surface area contributed by atoms with Crippen molar-refractivity contribution in [2.75, 3.05) is 12.4 Å². The van der Waals surface area contributed by atoms with Crippen LogP contribution in [0.15, 0.2) is 30.5 Å². The number of fused-ring (bicyclic) bond motifs is 1. The lowest BCUT2D eigenvalue weighted by molar-refractivity contribution is -0.138. The molecule has 2 N–H and O–H groups in total. The number of hydrogen-bond donors (Lipinski definition) is 2. The van der Waals surface area contributed by atoms with Crippen molar-refractivity contribution in [2.45, 2.75) is 18.4 Å². The van der Waals surface area contributed by atoms with Crippen LogP contribution in [0.3, 0.4) is 0 Å². The van der Waals surface area contributed by atoms with E-state index < -0.39 is 11.5 Å². The molecule has 0 spiro atoms. The molecule has 0 amide bonds. The number of nitrogens with one attached hydrogen (secondary N) is 1. The predicted molar refractivity (Wildman–Crippen MR) is 71.5 cm³/mol. The Hall–Kier alpha value is -2.30. The fourth-order valence-electron chi connectivity index (χ4n) is 2.13. The van der Waals surface area contributed by atoms with Crippen molar-refractivity contribution < 1.29 is 14.6 Å². The standard InChI is InChI=1S/C14H14N2O3/c1-19-10-2-3-11-9(8-10)4-7-15-12(11)16-14(5-6-14)13(17)18/h2-4,7-8H,5-6H2,1H3,(H,15,16)(H,17,18). The molecule has 19 heavy (non-hydrogen) atoms. The van der Waals surface area contributed by atoms with Gasteiger partial charge in [-0.25, -0.2) is 9.78 Å². The van der Waals surface area contributed by atoms with Crippen LogP contribution < -0.4 is 10.1 Å². The van der Waals surface area contributed by atoms with Crippen molar-refractivity contribution in [1.29, 1.82) is 0 Å². The van der Waals surface area contributed by atoms with E-state index in [4.69, 9.17) is 4.74 Å². The van der Waals surface area contributed by atoms with E-state index in [1.54, 1.807) is 13.3 Å². The highest BCUT2D eigenvalue weighted by Crippen LogP contribution is 2.40. The Morgan fingerprint density at radius 1 is 1.42 bits per heavy atom. The average molecular weight is 258 g/mol. The maximum Gasteiger partial charge on any atom is 0.329 e. The first-order chi connectivity index (χ1) is 9.14. The van der Waals surface area contributed by atoms with Gasteiger partial charge in [0.1, 0.15) is 17.1 Å². The highest BCUT2D eigenvalue weighted by molar-refractivity contribution is 5.95. The second-order valence-electron chi connectivity index (χ2n) is 4.76. The van der Waals surface area contributed by atoms with Crippen LogP contribution in [0.4, 0.5) is 5.82 Å². The maximum absolute atomic E-state index is 11.2. The molecule has 0 radical (unpaired) electrons.